The number of anilines is 1. The summed E-state index contributed by atoms with van der Waals surface area (Å²) < 4.78 is 16.9. The van der Waals surface area contributed by atoms with Gasteiger partial charge in [-0.15, -0.1) is 5.92 Å². The summed E-state index contributed by atoms with van der Waals surface area (Å²) in [6, 6.07) is 0. The Morgan fingerprint density at radius 3 is 2.62 bits per heavy atom. The Morgan fingerprint density at radius 1 is 1.23 bits per heavy atom. The molecule has 1 saturated heterocycles. The molecule has 140 valence electrons. The second-order valence-corrected chi connectivity index (χ2v) is 6.17. The number of nitrogens with zero attached hydrogens (tertiary/aromatic N) is 5. The van der Waals surface area contributed by atoms with E-state index in [0.717, 1.165) is 30.7 Å². The zero-order valence-electron chi connectivity index (χ0n) is 15.1. The molecule has 1 N–H and O–H groups in total. The van der Waals surface area contributed by atoms with Crippen LogP contribution in [0.5, 0.6) is 0 Å². The zero-order chi connectivity index (χ0) is 18.7. The van der Waals surface area contributed by atoms with E-state index < -0.39 is 17.9 Å². The largest absolute Gasteiger partial charge is 0.340 e. The minimum atomic E-state index is -0.538. The minimum Gasteiger partial charge on any atom is -0.340 e. The molecule has 0 bridgehead atoms. The lowest BCUT2D eigenvalue weighted by atomic mass is 10.4. The quantitative estimate of drug-likeness (QED) is 0.739. The van der Waals surface area contributed by atoms with Gasteiger partial charge in [0, 0.05) is 39.8 Å². The lowest BCUT2D eigenvalue weighted by molar-refractivity contribution is 0.441. The molecule has 1 aliphatic rings. The summed E-state index contributed by atoms with van der Waals surface area (Å²) in [6.45, 7) is 4.81. The predicted molar refractivity (Wildman–Crippen MR) is 98.4 cm³/mol. The Balaban J connectivity index is 2.29. The van der Waals surface area contributed by atoms with Crippen molar-refractivity contribution >= 4 is 17.1 Å². The second-order valence-electron chi connectivity index (χ2n) is 6.17. The molecule has 1 aliphatic heterocycles. The molecule has 0 atom stereocenters. The van der Waals surface area contributed by atoms with E-state index in [1.165, 1.54) is 11.6 Å². The van der Waals surface area contributed by atoms with E-state index >= 15 is 0 Å². The first-order valence-corrected chi connectivity index (χ1v) is 8.71. The fourth-order valence-electron chi connectivity index (χ4n) is 3.18. The van der Waals surface area contributed by atoms with Gasteiger partial charge >= 0.3 is 5.69 Å². The predicted octanol–water partition coefficient (Wildman–Crippen LogP) is -0.311. The van der Waals surface area contributed by atoms with Gasteiger partial charge in [-0.05, 0) is 13.3 Å². The van der Waals surface area contributed by atoms with Crippen molar-refractivity contribution in [1.82, 2.24) is 24.0 Å². The molecular formula is C17H23FN6O2. The SMILES string of the molecule is CC#CCn1c(N2CCNCC2)nc2c1c(=O)n(C)c(=O)n2CCCF. The highest BCUT2D eigenvalue weighted by Crippen LogP contribution is 2.20. The average Bonchev–Trinajstić information content (AvgIpc) is 3.04. The Morgan fingerprint density at radius 2 is 1.96 bits per heavy atom. The molecule has 0 aromatic carbocycles. The van der Waals surface area contributed by atoms with Gasteiger partial charge in [-0.2, -0.15) is 4.98 Å². The molecule has 0 unspecified atom stereocenters. The third kappa shape index (κ3) is 3.12. The summed E-state index contributed by atoms with van der Waals surface area (Å²) in [5.74, 6) is 6.45. The molecule has 0 amide bonds. The average molecular weight is 362 g/mol. The summed E-state index contributed by atoms with van der Waals surface area (Å²) in [5.41, 5.74) is -0.248. The third-order valence-corrected chi connectivity index (χ3v) is 4.54. The zero-order valence-corrected chi connectivity index (χ0v) is 15.1. The van der Waals surface area contributed by atoms with Crippen LogP contribution in [0.2, 0.25) is 0 Å². The molecule has 3 rings (SSSR count). The number of hydrogen-bond acceptors (Lipinski definition) is 5. The van der Waals surface area contributed by atoms with Gasteiger partial charge in [-0.25, -0.2) is 4.79 Å². The molecule has 2 aromatic heterocycles. The number of hydrogen-bond donors (Lipinski definition) is 1. The van der Waals surface area contributed by atoms with Gasteiger partial charge in [0.15, 0.2) is 11.2 Å². The molecular weight excluding hydrogens is 339 g/mol. The topological polar surface area (TPSA) is 77.1 Å². The van der Waals surface area contributed by atoms with Crippen molar-refractivity contribution < 1.29 is 4.39 Å². The van der Waals surface area contributed by atoms with E-state index in [-0.39, 0.29) is 13.0 Å². The van der Waals surface area contributed by atoms with Gasteiger partial charge in [-0.1, -0.05) is 5.92 Å². The highest BCUT2D eigenvalue weighted by Gasteiger charge is 2.24. The number of rotatable bonds is 5. The van der Waals surface area contributed by atoms with Crippen LogP contribution in [0.4, 0.5) is 10.3 Å². The van der Waals surface area contributed by atoms with Gasteiger partial charge in [0.1, 0.15) is 0 Å². The van der Waals surface area contributed by atoms with Crippen LogP contribution in [0.15, 0.2) is 9.59 Å². The molecule has 2 aromatic rings. The molecule has 26 heavy (non-hydrogen) atoms. The van der Waals surface area contributed by atoms with E-state index in [1.807, 2.05) is 0 Å². The van der Waals surface area contributed by atoms with Crippen LogP contribution in [0.1, 0.15) is 13.3 Å². The van der Waals surface area contributed by atoms with E-state index in [0.29, 0.717) is 23.7 Å². The van der Waals surface area contributed by atoms with Crippen LogP contribution in [0.3, 0.4) is 0 Å². The molecule has 9 heteroatoms. The van der Waals surface area contributed by atoms with Crippen LogP contribution in [-0.2, 0) is 20.1 Å². The fraction of sp³-hybridized carbons (Fsp3) is 0.588. The van der Waals surface area contributed by atoms with Crippen molar-refractivity contribution in [3.8, 4) is 11.8 Å². The maximum absolute atomic E-state index is 12.8. The Labute approximate surface area is 150 Å². The summed E-state index contributed by atoms with van der Waals surface area (Å²) in [4.78, 5) is 32.0. The van der Waals surface area contributed by atoms with Crippen LogP contribution < -0.4 is 21.5 Å². The molecule has 1 fully saturated rings. The van der Waals surface area contributed by atoms with Crippen LogP contribution >= 0.6 is 0 Å². The molecule has 8 nitrogen and oxygen atoms in total. The summed E-state index contributed by atoms with van der Waals surface area (Å²) >= 11 is 0. The number of imidazole rings is 1. The first kappa shape index (κ1) is 18.2. The first-order valence-electron chi connectivity index (χ1n) is 8.71. The summed E-state index contributed by atoms with van der Waals surface area (Å²) in [5, 5.41) is 3.28. The smallest absolute Gasteiger partial charge is 0.332 e. The number of aryl methyl sites for hydroxylation is 1. The number of alkyl halides is 1. The number of piperazine rings is 1. The van der Waals surface area contributed by atoms with E-state index in [1.54, 1.807) is 11.5 Å². The summed E-state index contributed by atoms with van der Waals surface area (Å²) in [7, 11) is 1.43. The minimum absolute atomic E-state index is 0.178. The van der Waals surface area contributed by atoms with Gasteiger partial charge in [0.25, 0.3) is 5.56 Å². The molecule has 0 spiro atoms. The van der Waals surface area contributed by atoms with Gasteiger partial charge in [0.05, 0.1) is 13.2 Å². The number of halogens is 1. The molecule has 3 heterocycles. The first-order chi connectivity index (χ1) is 12.6. The Hall–Kier alpha value is -2.60. The van der Waals surface area contributed by atoms with Crippen molar-refractivity contribution in [3.05, 3.63) is 20.8 Å². The van der Waals surface area contributed by atoms with E-state index in [2.05, 4.69) is 27.0 Å². The normalized spacial score (nSPS) is 14.5. The molecule has 0 aliphatic carbocycles. The van der Waals surface area contributed by atoms with Crippen molar-refractivity contribution in [2.75, 3.05) is 37.8 Å². The van der Waals surface area contributed by atoms with Gasteiger partial charge < -0.3 is 10.2 Å². The monoisotopic (exact) mass is 362 g/mol. The maximum atomic E-state index is 12.8. The Kier molecular flexibility index (Phi) is 5.42. The van der Waals surface area contributed by atoms with Crippen molar-refractivity contribution in [3.63, 3.8) is 0 Å². The standard InChI is InChI=1S/C17H23FN6O2/c1-3-4-9-23-13-14(20-16(23)22-11-7-19-8-12-22)24(10-5-6-18)17(26)21(2)15(13)25/h19H,5-12H2,1-2H3. The summed E-state index contributed by atoms with van der Waals surface area (Å²) in [6.07, 6.45) is 0.192. The number of fused-ring (bicyclic) bond motifs is 1. The Bertz CT molecular complexity index is 972. The van der Waals surface area contributed by atoms with Crippen LogP contribution in [0.25, 0.3) is 11.2 Å². The third-order valence-electron chi connectivity index (χ3n) is 4.54. The van der Waals surface area contributed by atoms with Crippen molar-refractivity contribution in [2.24, 2.45) is 7.05 Å². The lowest BCUT2D eigenvalue weighted by Gasteiger charge is -2.28. The van der Waals surface area contributed by atoms with Gasteiger partial charge in [0.2, 0.25) is 5.95 Å². The number of nitrogens with one attached hydrogen (secondary N) is 1. The van der Waals surface area contributed by atoms with E-state index in [4.69, 9.17) is 0 Å². The van der Waals surface area contributed by atoms with Gasteiger partial charge in [-0.3, -0.25) is 22.9 Å². The second kappa shape index (κ2) is 7.74. The maximum Gasteiger partial charge on any atom is 0.332 e. The lowest BCUT2D eigenvalue weighted by Crippen LogP contribution is -2.44. The van der Waals surface area contributed by atoms with Crippen molar-refractivity contribution in [2.45, 2.75) is 26.4 Å². The molecule has 0 saturated carbocycles. The molecule has 0 radical (unpaired) electrons. The highest BCUT2D eigenvalue weighted by atomic mass is 19.1. The van der Waals surface area contributed by atoms with E-state index in [9.17, 15) is 14.0 Å². The number of aromatic nitrogens is 4. The highest BCUT2D eigenvalue weighted by molar-refractivity contribution is 5.75. The van der Waals surface area contributed by atoms with Crippen LogP contribution in [-0.4, -0.2) is 51.5 Å². The van der Waals surface area contributed by atoms with Crippen LogP contribution in [0, 0.1) is 11.8 Å². The fourth-order valence-corrected chi connectivity index (χ4v) is 3.18. The van der Waals surface area contributed by atoms with Crippen molar-refractivity contribution in [1.29, 1.82) is 0 Å².